The molecule has 4 aliphatic rings. The van der Waals surface area contributed by atoms with Crippen molar-refractivity contribution in [2.45, 2.75) is 102 Å². The summed E-state index contributed by atoms with van der Waals surface area (Å²) in [5, 5.41) is 1.34. The molecule has 2 atom stereocenters. The number of ether oxygens (including phenoxy) is 1. The summed E-state index contributed by atoms with van der Waals surface area (Å²) in [4.78, 5) is 27.6. The highest BCUT2D eigenvalue weighted by Gasteiger charge is 2.40. The summed E-state index contributed by atoms with van der Waals surface area (Å²) in [5.74, 6) is 0.293. The molecule has 3 aliphatic heterocycles. The number of thioether (sulfide) groups is 1. The number of anilines is 2. The summed E-state index contributed by atoms with van der Waals surface area (Å²) in [6.07, 6.45) is 12.7. The van der Waals surface area contributed by atoms with Crippen molar-refractivity contribution in [3.05, 3.63) is 87.6 Å². The first-order valence-electron chi connectivity index (χ1n) is 16.9. The smallest absolute Gasteiger partial charge is 0.342 e. The molecule has 0 saturated heterocycles. The van der Waals surface area contributed by atoms with Crippen LogP contribution in [0.2, 0.25) is 0 Å². The molecule has 0 amide bonds. The van der Waals surface area contributed by atoms with Gasteiger partial charge in [0.15, 0.2) is 0 Å². The average Bonchev–Trinajstić information content (AvgIpc) is 3.39. The van der Waals surface area contributed by atoms with E-state index in [-0.39, 0.29) is 18.2 Å². The van der Waals surface area contributed by atoms with E-state index in [0.29, 0.717) is 12.3 Å². The Bertz CT molecular complexity index is 1480. The maximum absolute atomic E-state index is 11.9. The second-order valence-corrected chi connectivity index (χ2v) is 13.8. The fourth-order valence-corrected chi connectivity index (χ4v) is 8.49. The van der Waals surface area contributed by atoms with Gasteiger partial charge in [-0.05, 0) is 93.7 Å². The zero-order chi connectivity index (χ0) is 31.3. The Kier molecular flexibility index (Phi) is 10.4. The van der Waals surface area contributed by atoms with Gasteiger partial charge in [-0.25, -0.2) is 4.79 Å². The van der Waals surface area contributed by atoms with Crippen molar-refractivity contribution in [3.8, 4) is 0 Å². The molecule has 2 aromatic carbocycles. The number of carbonyl (C=O) groups excluding carboxylic acids is 1. The first kappa shape index (κ1) is 32.0. The van der Waals surface area contributed by atoms with Gasteiger partial charge in [-0.1, -0.05) is 68.3 Å². The SMILES string of the molecule is CCCC1OC2CCN3C(=C2C=C1C(=C(C)C1CCC1)N(CCCCCC(=O)OOC)c1ccccc1C)Sc1ccccc13. The van der Waals surface area contributed by atoms with Crippen molar-refractivity contribution in [1.82, 2.24) is 0 Å². The minimum atomic E-state index is -0.306. The molecule has 6 rings (SSSR count). The molecule has 6 nitrogen and oxygen atoms in total. The molecule has 2 aromatic rings. The third-order valence-electron chi connectivity index (χ3n) is 9.83. The molecular formula is C38H48N2O4S. The number of para-hydroxylation sites is 2. The van der Waals surface area contributed by atoms with Crippen LogP contribution in [0.1, 0.15) is 83.6 Å². The molecule has 240 valence electrons. The summed E-state index contributed by atoms with van der Waals surface area (Å²) in [6, 6.07) is 17.6. The lowest BCUT2D eigenvalue weighted by Crippen LogP contribution is -2.41. The number of benzene rings is 2. The number of hydrogen-bond donors (Lipinski definition) is 0. The quantitative estimate of drug-likeness (QED) is 0.124. The van der Waals surface area contributed by atoms with Crippen LogP contribution in [0.4, 0.5) is 11.4 Å². The van der Waals surface area contributed by atoms with Crippen LogP contribution < -0.4 is 9.80 Å². The predicted octanol–water partition coefficient (Wildman–Crippen LogP) is 9.26. The highest BCUT2D eigenvalue weighted by Crippen LogP contribution is 2.52. The largest absolute Gasteiger partial charge is 0.365 e. The lowest BCUT2D eigenvalue weighted by molar-refractivity contribution is -0.255. The van der Waals surface area contributed by atoms with Crippen LogP contribution in [0, 0.1) is 12.8 Å². The standard InChI is InChI=1S/C38H48N2O4S/c1-5-14-33-29(25-30-34(43-33)22-24-40-32-19-10-11-20-35(32)45-38(30)40)37(27(3)28-16-13-17-28)39(31-18-9-8-15-26(31)2)23-12-6-7-21-36(41)44-42-4/h8-11,15,18-20,25,28,33-34H,5-7,12-14,16-17,21-24H2,1-4H3. The minimum Gasteiger partial charge on any atom is -0.365 e. The number of aryl methyl sites for hydroxylation is 1. The Morgan fingerprint density at radius 3 is 2.62 bits per heavy atom. The summed E-state index contributed by atoms with van der Waals surface area (Å²) < 4.78 is 7.13. The van der Waals surface area contributed by atoms with Gasteiger partial charge < -0.3 is 14.5 Å². The fraction of sp³-hybridized carbons (Fsp3) is 0.500. The van der Waals surface area contributed by atoms with E-state index in [1.54, 1.807) is 0 Å². The number of hydrogen-bond acceptors (Lipinski definition) is 7. The van der Waals surface area contributed by atoms with Crippen LogP contribution in [-0.2, 0) is 19.3 Å². The van der Waals surface area contributed by atoms with Crippen molar-refractivity contribution in [2.24, 2.45) is 5.92 Å². The Balaban J connectivity index is 1.41. The molecule has 0 N–H and O–H groups in total. The van der Waals surface area contributed by atoms with Crippen molar-refractivity contribution in [1.29, 1.82) is 0 Å². The highest BCUT2D eigenvalue weighted by molar-refractivity contribution is 8.03. The number of unbranched alkanes of at least 4 members (excludes halogenated alkanes) is 2. The maximum Gasteiger partial charge on any atom is 0.342 e. The third-order valence-corrected chi connectivity index (χ3v) is 11.0. The van der Waals surface area contributed by atoms with Crippen LogP contribution in [0.25, 0.3) is 0 Å². The van der Waals surface area contributed by atoms with Crippen LogP contribution in [0.3, 0.4) is 0 Å². The molecule has 3 heterocycles. The van der Waals surface area contributed by atoms with Crippen molar-refractivity contribution in [3.63, 3.8) is 0 Å². The van der Waals surface area contributed by atoms with Gasteiger partial charge in [0.1, 0.15) is 0 Å². The molecule has 1 saturated carbocycles. The summed E-state index contributed by atoms with van der Waals surface area (Å²) in [6.45, 7) is 8.75. The molecule has 7 heteroatoms. The molecule has 1 fully saturated rings. The van der Waals surface area contributed by atoms with Gasteiger partial charge in [-0.2, -0.15) is 4.89 Å². The molecule has 0 spiro atoms. The topological polar surface area (TPSA) is 51.2 Å². The van der Waals surface area contributed by atoms with Gasteiger partial charge in [0.05, 0.1) is 30.0 Å². The molecule has 45 heavy (non-hydrogen) atoms. The highest BCUT2D eigenvalue weighted by atomic mass is 32.2. The zero-order valence-electron chi connectivity index (χ0n) is 27.3. The van der Waals surface area contributed by atoms with Crippen LogP contribution in [-0.4, -0.2) is 38.4 Å². The van der Waals surface area contributed by atoms with Crippen molar-refractivity contribution >= 4 is 29.1 Å². The Morgan fingerprint density at radius 2 is 1.87 bits per heavy atom. The van der Waals surface area contributed by atoms with E-state index in [4.69, 9.17) is 4.74 Å². The van der Waals surface area contributed by atoms with E-state index in [0.717, 1.165) is 51.6 Å². The van der Waals surface area contributed by atoms with E-state index >= 15 is 0 Å². The first-order chi connectivity index (χ1) is 22.0. The number of carbonyl (C=O) groups is 1. The van der Waals surface area contributed by atoms with Crippen LogP contribution >= 0.6 is 11.8 Å². The van der Waals surface area contributed by atoms with E-state index in [1.165, 1.54) is 75.7 Å². The number of fused-ring (bicyclic) bond motifs is 4. The second-order valence-electron chi connectivity index (χ2n) is 12.8. The fourth-order valence-electron chi connectivity index (χ4n) is 7.25. The first-order valence-corrected chi connectivity index (χ1v) is 17.7. The van der Waals surface area contributed by atoms with Gasteiger partial charge in [0.25, 0.3) is 0 Å². The lowest BCUT2D eigenvalue weighted by atomic mass is 9.77. The zero-order valence-corrected chi connectivity index (χ0v) is 28.2. The van der Waals surface area contributed by atoms with Gasteiger partial charge in [0.2, 0.25) is 0 Å². The number of nitrogens with zero attached hydrogens (tertiary/aromatic N) is 2. The number of rotatable bonds is 13. The Morgan fingerprint density at radius 1 is 1.07 bits per heavy atom. The Labute approximate surface area is 273 Å². The van der Waals surface area contributed by atoms with Gasteiger partial charge in [-0.3, -0.25) is 4.89 Å². The monoisotopic (exact) mass is 628 g/mol. The molecule has 0 radical (unpaired) electrons. The van der Waals surface area contributed by atoms with E-state index in [1.807, 2.05) is 11.8 Å². The van der Waals surface area contributed by atoms with E-state index < -0.39 is 0 Å². The molecule has 0 aromatic heterocycles. The average molecular weight is 629 g/mol. The number of allylic oxidation sites excluding steroid dienone is 1. The summed E-state index contributed by atoms with van der Waals surface area (Å²) in [7, 11) is 1.37. The van der Waals surface area contributed by atoms with Gasteiger partial charge in [0, 0.05) is 46.9 Å². The molecule has 0 bridgehead atoms. The maximum atomic E-state index is 11.9. The van der Waals surface area contributed by atoms with Gasteiger partial charge >= 0.3 is 5.97 Å². The van der Waals surface area contributed by atoms with Crippen molar-refractivity contribution < 1.29 is 19.3 Å². The van der Waals surface area contributed by atoms with Crippen LogP contribution in [0.5, 0.6) is 0 Å². The molecular weight excluding hydrogens is 580 g/mol. The van der Waals surface area contributed by atoms with Crippen LogP contribution in [0.15, 0.2) is 86.9 Å². The summed E-state index contributed by atoms with van der Waals surface area (Å²) in [5.41, 5.74) is 9.38. The minimum absolute atomic E-state index is 0.0602. The predicted molar refractivity (Wildman–Crippen MR) is 183 cm³/mol. The Hall–Kier alpha value is -3.00. The van der Waals surface area contributed by atoms with Gasteiger partial charge in [-0.15, -0.1) is 0 Å². The van der Waals surface area contributed by atoms with Crippen molar-refractivity contribution in [2.75, 3.05) is 30.0 Å². The normalized spacial score (nSPS) is 21.3. The third kappa shape index (κ3) is 6.77. The molecule has 1 aliphatic carbocycles. The lowest BCUT2D eigenvalue weighted by Gasteiger charge is -2.43. The summed E-state index contributed by atoms with van der Waals surface area (Å²) >= 11 is 1.90. The van der Waals surface area contributed by atoms with E-state index in [9.17, 15) is 4.79 Å². The van der Waals surface area contributed by atoms with E-state index in [2.05, 4.69) is 95.0 Å². The molecule has 2 unspecified atom stereocenters. The second kappa shape index (κ2) is 14.6.